The van der Waals surface area contributed by atoms with Crippen LogP contribution in [0.5, 0.6) is 0 Å². The summed E-state index contributed by atoms with van der Waals surface area (Å²) in [5, 5.41) is 16.5. The lowest BCUT2D eigenvalue weighted by atomic mass is 9.76. The van der Waals surface area contributed by atoms with Crippen LogP contribution in [0.1, 0.15) is 33.7 Å². The molecule has 0 bridgehead atoms. The third-order valence-corrected chi connectivity index (χ3v) is 8.10. The second kappa shape index (κ2) is 12.3. The number of nitrogens with one attached hydrogen (secondary N) is 2. The molecule has 1 aliphatic carbocycles. The van der Waals surface area contributed by atoms with Crippen molar-refractivity contribution in [3.05, 3.63) is 167 Å². The molecule has 0 aromatic heterocycles. The van der Waals surface area contributed by atoms with Crippen LogP contribution in [-0.4, -0.2) is 36.4 Å². The van der Waals surface area contributed by atoms with Crippen LogP contribution in [0, 0.1) is 0 Å². The van der Waals surface area contributed by atoms with Crippen LogP contribution >= 0.6 is 0 Å². The van der Waals surface area contributed by atoms with Crippen LogP contribution in [0.2, 0.25) is 0 Å². The maximum Gasteiger partial charge on any atom is 0.407 e. The molecular weight excluding hydrogens is 536 g/mol. The van der Waals surface area contributed by atoms with E-state index in [9.17, 15) is 14.7 Å². The molecule has 43 heavy (non-hydrogen) atoms. The van der Waals surface area contributed by atoms with Gasteiger partial charge in [0.15, 0.2) is 0 Å². The number of ether oxygens (including phenoxy) is 1. The van der Waals surface area contributed by atoms with Gasteiger partial charge in [-0.25, -0.2) is 4.79 Å². The molecule has 1 aliphatic rings. The average molecular weight is 569 g/mol. The smallest absolute Gasteiger partial charge is 0.407 e. The van der Waals surface area contributed by atoms with E-state index in [0.717, 1.165) is 38.9 Å². The summed E-state index contributed by atoms with van der Waals surface area (Å²) in [5.74, 6) is -1.18. The van der Waals surface area contributed by atoms with Crippen LogP contribution in [0.25, 0.3) is 11.1 Å². The molecule has 0 spiro atoms. The number of carboxylic acid groups (broad SMARTS) is 1. The minimum absolute atomic E-state index is 0.0894. The Labute approximate surface area is 251 Å². The van der Waals surface area contributed by atoms with Gasteiger partial charge in [-0.3, -0.25) is 10.1 Å². The number of rotatable bonds is 10. The van der Waals surface area contributed by atoms with Crippen LogP contribution in [0.3, 0.4) is 0 Å². The van der Waals surface area contributed by atoms with Crippen LogP contribution in [-0.2, 0) is 15.1 Å². The number of hydrogen-bond donors (Lipinski definition) is 3. The van der Waals surface area contributed by atoms with E-state index in [4.69, 9.17) is 4.74 Å². The third kappa shape index (κ3) is 5.53. The molecule has 6 rings (SSSR count). The predicted octanol–water partition coefficient (Wildman–Crippen LogP) is 6.56. The fourth-order valence-electron chi connectivity index (χ4n) is 6.11. The molecule has 0 saturated carbocycles. The predicted molar refractivity (Wildman–Crippen MR) is 167 cm³/mol. The quantitative estimate of drug-likeness (QED) is 0.166. The lowest BCUT2D eigenvalue weighted by Crippen LogP contribution is -2.56. The Morgan fingerprint density at radius 1 is 0.651 bits per heavy atom. The van der Waals surface area contributed by atoms with Crippen molar-refractivity contribution in [1.29, 1.82) is 0 Å². The molecule has 6 heteroatoms. The average Bonchev–Trinajstić information content (AvgIpc) is 3.38. The normalized spacial score (nSPS) is 13.0. The van der Waals surface area contributed by atoms with Gasteiger partial charge < -0.3 is 15.2 Å². The molecule has 1 unspecified atom stereocenters. The molecule has 0 radical (unpaired) electrons. The number of aliphatic carboxylic acids is 1. The van der Waals surface area contributed by atoms with Gasteiger partial charge in [-0.2, -0.15) is 0 Å². The van der Waals surface area contributed by atoms with Gasteiger partial charge in [-0.15, -0.1) is 0 Å². The van der Waals surface area contributed by atoms with Crippen LogP contribution in [0.4, 0.5) is 4.79 Å². The van der Waals surface area contributed by atoms with Gasteiger partial charge in [0.25, 0.3) is 0 Å². The highest BCUT2D eigenvalue weighted by molar-refractivity contribution is 5.79. The SMILES string of the molecule is O=C(NCC(NC(c1ccccc1)(c1ccccc1)c1ccccc1)C(=O)O)OCC1c2ccccc2-c2ccccc21. The first kappa shape index (κ1) is 27.9. The number of carbonyl (C=O) groups excluding carboxylic acids is 1. The van der Waals surface area contributed by atoms with Gasteiger partial charge in [0.1, 0.15) is 12.6 Å². The molecule has 1 amide bonds. The Hall–Kier alpha value is -5.20. The van der Waals surface area contributed by atoms with Crippen molar-refractivity contribution in [3.8, 4) is 11.1 Å². The number of amides is 1. The largest absolute Gasteiger partial charge is 0.480 e. The highest BCUT2D eigenvalue weighted by Gasteiger charge is 2.40. The molecule has 0 aliphatic heterocycles. The van der Waals surface area contributed by atoms with Crippen molar-refractivity contribution in [2.75, 3.05) is 13.2 Å². The Morgan fingerprint density at radius 2 is 1.07 bits per heavy atom. The second-order valence-corrected chi connectivity index (χ2v) is 10.6. The van der Waals surface area contributed by atoms with Gasteiger partial charge in [0.2, 0.25) is 0 Å². The Bertz CT molecular complexity index is 1570. The Morgan fingerprint density at radius 3 is 1.51 bits per heavy atom. The fourth-order valence-corrected chi connectivity index (χ4v) is 6.11. The number of alkyl carbamates (subject to hydrolysis) is 1. The van der Waals surface area contributed by atoms with Crippen molar-refractivity contribution in [3.63, 3.8) is 0 Å². The molecule has 3 N–H and O–H groups in total. The summed E-state index contributed by atoms with van der Waals surface area (Å²) in [6.45, 7) is -0.0345. The molecule has 0 saturated heterocycles. The van der Waals surface area contributed by atoms with Crippen molar-refractivity contribution in [2.45, 2.75) is 17.5 Å². The van der Waals surface area contributed by atoms with Crippen molar-refractivity contribution < 1.29 is 19.4 Å². The van der Waals surface area contributed by atoms with Crippen molar-refractivity contribution >= 4 is 12.1 Å². The molecule has 5 aromatic rings. The molecule has 0 fully saturated rings. The summed E-state index contributed by atoms with van der Waals surface area (Å²) >= 11 is 0. The van der Waals surface area contributed by atoms with Crippen LogP contribution < -0.4 is 10.6 Å². The second-order valence-electron chi connectivity index (χ2n) is 10.6. The first-order valence-electron chi connectivity index (χ1n) is 14.3. The van der Waals surface area contributed by atoms with E-state index in [1.807, 2.05) is 115 Å². The maximum absolute atomic E-state index is 13.0. The number of carbonyl (C=O) groups is 2. The van der Waals surface area contributed by atoms with Gasteiger partial charge in [-0.05, 0) is 38.9 Å². The van der Waals surface area contributed by atoms with E-state index < -0.39 is 23.6 Å². The monoisotopic (exact) mass is 568 g/mol. The lowest BCUT2D eigenvalue weighted by molar-refractivity contribution is -0.139. The minimum Gasteiger partial charge on any atom is -0.480 e. The minimum atomic E-state index is -1.14. The van der Waals surface area contributed by atoms with Gasteiger partial charge in [0, 0.05) is 12.5 Å². The van der Waals surface area contributed by atoms with Crippen molar-refractivity contribution in [2.24, 2.45) is 0 Å². The fraction of sp³-hybridized carbons (Fsp3) is 0.135. The molecule has 214 valence electrons. The summed E-state index contributed by atoms with van der Waals surface area (Å²) in [7, 11) is 0. The molecule has 5 aromatic carbocycles. The Kier molecular flexibility index (Phi) is 8.03. The summed E-state index contributed by atoms with van der Waals surface area (Å²) in [6, 6.07) is 44.4. The summed E-state index contributed by atoms with van der Waals surface area (Å²) in [5.41, 5.74) is 6.12. The van der Waals surface area contributed by atoms with Gasteiger partial charge >= 0.3 is 12.1 Å². The summed E-state index contributed by atoms with van der Waals surface area (Å²) in [4.78, 5) is 25.6. The number of benzene rings is 5. The number of carboxylic acids is 1. The molecule has 6 nitrogen and oxygen atoms in total. The van der Waals surface area contributed by atoms with Crippen molar-refractivity contribution in [1.82, 2.24) is 10.6 Å². The summed E-state index contributed by atoms with van der Waals surface area (Å²) in [6.07, 6.45) is -0.667. The van der Waals surface area contributed by atoms with E-state index in [0.29, 0.717) is 0 Å². The standard InChI is InChI=1S/C37H32N2O4/c40-35(41)34(24-38-36(42)43-25-33-31-22-12-10-20-29(31)30-21-11-13-23-32(30)33)39-37(26-14-4-1-5-15-26,27-16-6-2-7-17-27)28-18-8-3-9-19-28/h1-23,33-34,39H,24-25H2,(H,38,42)(H,40,41). The maximum atomic E-state index is 13.0. The zero-order valence-corrected chi connectivity index (χ0v) is 23.5. The molecule has 1 atom stereocenters. The topological polar surface area (TPSA) is 87.7 Å². The first-order valence-corrected chi connectivity index (χ1v) is 14.3. The van der Waals surface area contributed by atoms with E-state index >= 15 is 0 Å². The highest BCUT2D eigenvalue weighted by atomic mass is 16.5. The van der Waals surface area contributed by atoms with Gasteiger partial charge in [-0.1, -0.05) is 140 Å². The van der Waals surface area contributed by atoms with E-state index in [2.05, 4.69) is 34.9 Å². The molecule has 0 heterocycles. The van der Waals surface area contributed by atoms with Gasteiger partial charge in [0.05, 0.1) is 5.54 Å². The summed E-state index contributed by atoms with van der Waals surface area (Å²) < 4.78 is 5.68. The lowest BCUT2D eigenvalue weighted by Gasteiger charge is -2.39. The number of fused-ring (bicyclic) bond motifs is 3. The molecular formula is C37H32N2O4. The Balaban J connectivity index is 1.23. The van der Waals surface area contributed by atoms with E-state index in [1.54, 1.807) is 0 Å². The first-order chi connectivity index (χ1) is 21.1. The van der Waals surface area contributed by atoms with E-state index in [1.165, 1.54) is 0 Å². The highest BCUT2D eigenvalue weighted by Crippen LogP contribution is 2.44. The number of hydrogen-bond acceptors (Lipinski definition) is 4. The third-order valence-electron chi connectivity index (χ3n) is 8.10. The zero-order chi connectivity index (χ0) is 29.6. The van der Waals surface area contributed by atoms with Crippen LogP contribution in [0.15, 0.2) is 140 Å². The zero-order valence-electron chi connectivity index (χ0n) is 23.5. The van der Waals surface area contributed by atoms with E-state index in [-0.39, 0.29) is 19.1 Å².